The van der Waals surface area contributed by atoms with E-state index in [9.17, 15) is 0 Å². The summed E-state index contributed by atoms with van der Waals surface area (Å²) in [5.74, 6) is 1.96. The molecule has 0 unspecified atom stereocenters. The lowest BCUT2D eigenvalue weighted by Crippen LogP contribution is -2.41. The van der Waals surface area contributed by atoms with Crippen LogP contribution in [0.4, 0.5) is 0 Å². The third-order valence-corrected chi connectivity index (χ3v) is 10.6. The number of pyridine rings is 1. The lowest BCUT2D eigenvalue weighted by molar-refractivity contribution is 0.0190. The van der Waals surface area contributed by atoms with E-state index in [1.54, 1.807) is 7.11 Å². The first-order valence-electron chi connectivity index (χ1n) is 10.6. The van der Waals surface area contributed by atoms with Gasteiger partial charge >= 0.3 is 0 Å². The van der Waals surface area contributed by atoms with Crippen molar-refractivity contribution in [3.63, 3.8) is 0 Å². The van der Waals surface area contributed by atoms with E-state index in [0.717, 1.165) is 22.3 Å². The lowest BCUT2D eigenvalue weighted by Gasteiger charge is -2.36. The Kier molecular flexibility index (Phi) is 6.27. The van der Waals surface area contributed by atoms with Gasteiger partial charge in [0.2, 0.25) is 5.75 Å². The number of nitrogens with zero attached hydrogens (tertiary/aromatic N) is 1. The molecule has 1 aromatic carbocycles. The molecule has 1 aliphatic heterocycles. The summed E-state index contributed by atoms with van der Waals surface area (Å²) < 4.78 is 24.2. The molecule has 5 nitrogen and oxygen atoms in total. The minimum Gasteiger partial charge on any atom is -0.493 e. The predicted molar refractivity (Wildman–Crippen MR) is 129 cm³/mol. The smallest absolute Gasteiger partial charge is 0.204 e. The maximum Gasteiger partial charge on any atom is 0.204 e. The van der Waals surface area contributed by atoms with Crippen molar-refractivity contribution in [1.82, 2.24) is 4.98 Å². The van der Waals surface area contributed by atoms with Crippen LogP contribution in [-0.4, -0.2) is 39.2 Å². The average Bonchev–Trinajstić information content (AvgIpc) is 2.69. The van der Waals surface area contributed by atoms with E-state index in [2.05, 4.69) is 51.5 Å². The largest absolute Gasteiger partial charge is 0.493 e. The summed E-state index contributed by atoms with van der Waals surface area (Å²) >= 11 is 0. The van der Waals surface area contributed by atoms with Crippen molar-refractivity contribution >= 4 is 13.9 Å². The molecule has 3 rings (SSSR count). The van der Waals surface area contributed by atoms with Crippen LogP contribution >= 0.6 is 0 Å². The maximum atomic E-state index is 6.35. The van der Waals surface area contributed by atoms with Crippen molar-refractivity contribution < 1.29 is 18.6 Å². The minimum atomic E-state index is -1.85. The molecule has 0 saturated carbocycles. The van der Waals surface area contributed by atoms with E-state index < -0.39 is 13.9 Å². The summed E-state index contributed by atoms with van der Waals surface area (Å²) in [5.41, 5.74) is 3.30. The van der Waals surface area contributed by atoms with E-state index in [4.69, 9.17) is 18.6 Å². The summed E-state index contributed by atoms with van der Waals surface area (Å²) in [5, 5.41) is 0.153. The second kappa shape index (κ2) is 8.32. The molecule has 0 amide bonds. The monoisotopic (exact) mass is 441 g/mol. The second-order valence-corrected chi connectivity index (χ2v) is 15.0. The van der Waals surface area contributed by atoms with Gasteiger partial charge < -0.3 is 18.6 Å². The van der Waals surface area contributed by atoms with Crippen LogP contribution in [0, 0.1) is 0 Å². The molecule has 168 valence electrons. The fourth-order valence-electron chi connectivity index (χ4n) is 3.07. The zero-order chi connectivity index (χ0) is 23.0. The van der Waals surface area contributed by atoms with Crippen LogP contribution in [0.2, 0.25) is 18.1 Å². The number of fused-ring (bicyclic) bond motifs is 1. The molecular weight excluding hydrogens is 406 g/mol. The highest BCUT2D eigenvalue weighted by atomic mass is 28.4. The highest BCUT2D eigenvalue weighted by molar-refractivity contribution is 6.74. The molecule has 0 aliphatic carbocycles. The number of hydrogen-bond acceptors (Lipinski definition) is 5. The standard InChI is InChI=1S/C25H35NO4Si/c1-17(15-29-31(8,9)24(2,3)4)18-12-19(14-26-13-18)20-10-11-21(27-7)23-22(20)28-16-25(5,6)30-23/h10-14H,1,15-16H2,2-9H3. The Morgan fingerprint density at radius 3 is 2.55 bits per heavy atom. The number of benzene rings is 1. The van der Waals surface area contributed by atoms with E-state index in [-0.39, 0.29) is 5.04 Å². The first-order valence-corrected chi connectivity index (χ1v) is 13.6. The Balaban J connectivity index is 1.90. The van der Waals surface area contributed by atoms with Crippen molar-refractivity contribution in [2.24, 2.45) is 0 Å². The van der Waals surface area contributed by atoms with Gasteiger partial charge in [-0.15, -0.1) is 0 Å². The Bertz CT molecular complexity index is 976. The third-order valence-electron chi connectivity index (χ3n) is 6.11. The molecule has 1 aromatic heterocycles. The first-order chi connectivity index (χ1) is 14.3. The zero-order valence-corrected chi connectivity index (χ0v) is 21.1. The molecule has 0 saturated heterocycles. The molecule has 2 heterocycles. The quantitative estimate of drug-likeness (QED) is 0.489. The van der Waals surface area contributed by atoms with Crippen LogP contribution in [-0.2, 0) is 4.43 Å². The van der Waals surface area contributed by atoms with Crippen LogP contribution in [0.1, 0.15) is 40.2 Å². The number of rotatable bonds is 6. The van der Waals surface area contributed by atoms with Gasteiger partial charge in [0.05, 0.1) is 13.7 Å². The highest BCUT2D eigenvalue weighted by Gasteiger charge is 2.37. The van der Waals surface area contributed by atoms with Crippen molar-refractivity contribution in [2.45, 2.75) is 58.4 Å². The number of methoxy groups -OCH3 is 1. The third kappa shape index (κ3) is 4.96. The molecule has 31 heavy (non-hydrogen) atoms. The second-order valence-electron chi connectivity index (χ2n) is 10.2. The number of aromatic nitrogens is 1. The molecule has 1 aliphatic rings. The van der Waals surface area contributed by atoms with Crippen LogP contribution in [0.25, 0.3) is 16.7 Å². The van der Waals surface area contributed by atoms with Crippen LogP contribution in [0.3, 0.4) is 0 Å². The van der Waals surface area contributed by atoms with Crippen LogP contribution in [0.15, 0.2) is 37.2 Å². The SMILES string of the molecule is C=C(CO[Si](C)(C)C(C)(C)C)c1cncc(-c2ccc(OC)c3c2OCC(C)(C)O3)c1. The van der Waals surface area contributed by atoms with Crippen molar-refractivity contribution in [3.8, 4) is 28.4 Å². The van der Waals surface area contributed by atoms with Crippen molar-refractivity contribution in [3.05, 3.63) is 42.7 Å². The van der Waals surface area contributed by atoms with Crippen LogP contribution in [0.5, 0.6) is 17.2 Å². The van der Waals surface area contributed by atoms with Gasteiger partial charge in [0.1, 0.15) is 12.2 Å². The molecule has 0 spiro atoms. The predicted octanol–water partition coefficient (Wildman–Crippen LogP) is 6.34. The van der Waals surface area contributed by atoms with Gasteiger partial charge in [-0.3, -0.25) is 4.98 Å². The minimum absolute atomic E-state index is 0.153. The Morgan fingerprint density at radius 1 is 1.19 bits per heavy atom. The fourth-order valence-corrected chi connectivity index (χ4v) is 4.04. The number of ether oxygens (including phenoxy) is 3. The summed E-state index contributed by atoms with van der Waals surface area (Å²) in [6.07, 6.45) is 3.66. The van der Waals surface area contributed by atoms with Gasteiger partial charge in [0.15, 0.2) is 19.8 Å². The van der Waals surface area contributed by atoms with Gasteiger partial charge in [-0.1, -0.05) is 27.4 Å². The molecule has 0 radical (unpaired) electrons. The molecule has 2 aromatic rings. The zero-order valence-electron chi connectivity index (χ0n) is 20.1. The van der Waals surface area contributed by atoms with Gasteiger partial charge in [-0.2, -0.15) is 0 Å². The Labute approximate surface area is 187 Å². The van der Waals surface area contributed by atoms with Crippen molar-refractivity contribution in [1.29, 1.82) is 0 Å². The summed E-state index contributed by atoms with van der Waals surface area (Å²) in [6, 6.07) is 5.96. The van der Waals surface area contributed by atoms with E-state index in [1.165, 1.54) is 0 Å². The maximum absolute atomic E-state index is 6.35. The lowest BCUT2D eigenvalue weighted by atomic mass is 10.0. The van der Waals surface area contributed by atoms with Gasteiger partial charge in [0, 0.05) is 23.5 Å². The Hall–Kier alpha value is -2.31. The normalized spacial score (nSPS) is 15.5. The molecule has 6 heteroatoms. The van der Waals surface area contributed by atoms with Gasteiger partial charge in [-0.05, 0) is 61.3 Å². The Morgan fingerprint density at radius 2 is 1.90 bits per heavy atom. The van der Waals surface area contributed by atoms with E-state index in [0.29, 0.717) is 30.5 Å². The first kappa shape index (κ1) is 23.4. The molecule has 0 atom stereocenters. The van der Waals surface area contributed by atoms with E-state index >= 15 is 0 Å². The molecule has 0 bridgehead atoms. The van der Waals surface area contributed by atoms with Gasteiger partial charge in [-0.25, -0.2) is 0 Å². The van der Waals surface area contributed by atoms with Crippen molar-refractivity contribution in [2.75, 3.05) is 20.3 Å². The average molecular weight is 442 g/mol. The number of hydrogen-bond donors (Lipinski definition) is 0. The molecule has 0 fully saturated rings. The van der Waals surface area contributed by atoms with Gasteiger partial charge in [0.25, 0.3) is 0 Å². The summed E-state index contributed by atoms with van der Waals surface area (Å²) in [6.45, 7) is 20.4. The fraction of sp³-hybridized carbons (Fsp3) is 0.480. The molecular formula is C25H35NO4Si. The summed E-state index contributed by atoms with van der Waals surface area (Å²) in [7, 11) is -0.220. The molecule has 0 N–H and O–H groups in total. The van der Waals surface area contributed by atoms with E-state index in [1.807, 2.05) is 38.4 Å². The topological polar surface area (TPSA) is 49.8 Å². The summed E-state index contributed by atoms with van der Waals surface area (Å²) in [4.78, 5) is 4.46. The van der Waals surface area contributed by atoms with Crippen LogP contribution < -0.4 is 14.2 Å². The highest BCUT2D eigenvalue weighted by Crippen LogP contribution is 2.48.